The maximum atomic E-state index is 12.3. The zero-order valence-corrected chi connectivity index (χ0v) is 15.1. The molecule has 26 heavy (non-hydrogen) atoms. The smallest absolute Gasteiger partial charge is 0.269 e. The van der Waals surface area contributed by atoms with Gasteiger partial charge in [-0.05, 0) is 35.9 Å². The van der Waals surface area contributed by atoms with E-state index in [4.69, 9.17) is 21.1 Å². The molecule has 0 bridgehead atoms. The first-order chi connectivity index (χ1) is 12.6. The number of benzene rings is 2. The monoisotopic (exact) mass is 371 g/mol. The third-order valence-corrected chi connectivity index (χ3v) is 4.13. The Balaban J connectivity index is 1.73. The summed E-state index contributed by atoms with van der Waals surface area (Å²) in [6.07, 6.45) is 0. The summed E-state index contributed by atoms with van der Waals surface area (Å²) in [5.74, 6) is 1.05. The molecular weight excluding hydrogens is 354 g/mol. The van der Waals surface area contributed by atoms with Crippen LogP contribution in [0, 0.1) is 0 Å². The standard InChI is InChI=1S/C19H18ClN3O3/c1-25-14-7-8-15(18(9-14)26-2)16-10-17(23-22-16)19(24)21-11-12-3-5-13(20)6-4-12/h3-10H,11H2,1-2H3,(H,21,24)(H,22,23). The predicted molar refractivity (Wildman–Crippen MR) is 99.7 cm³/mol. The third kappa shape index (κ3) is 3.97. The number of rotatable bonds is 6. The molecule has 1 heterocycles. The van der Waals surface area contributed by atoms with Crippen LogP contribution >= 0.6 is 11.6 Å². The Hall–Kier alpha value is -2.99. The van der Waals surface area contributed by atoms with Gasteiger partial charge < -0.3 is 14.8 Å². The normalized spacial score (nSPS) is 10.4. The number of methoxy groups -OCH3 is 2. The molecule has 1 aromatic heterocycles. The fraction of sp³-hybridized carbons (Fsp3) is 0.158. The van der Waals surface area contributed by atoms with E-state index >= 15 is 0 Å². The summed E-state index contributed by atoms with van der Waals surface area (Å²) in [6.45, 7) is 0.399. The van der Waals surface area contributed by atoms with E-state index in [1.54, 1.807) is 38.5 Å². The maximum Gasteiger partial charge on any atom is 0.269 e. The first-order valence-corrected chi connectivity index (χ1v) is 8.29. The number of halogens is 1. The SMILES string of the molecule is COc1ccc(-c2cc(C(=O)NCc3ccc(Cl)cc3)[nH]n2)c(OC)c1. The number of H-pyrrole nitrogens is 1. The van der Waals surface area contributed by atoms with E-state index in [1.807, 2.05) is 24.3 Å². The summed E-state index contributed by atoms with van der Waals surface area (Å²) >= 11 is 5.86. The molecule has 0 aliphatic heterocycles. The second kappa shape index (κ2) is 7.93. The fourth-order valence-electron chi connectivity index (χ4n) is 2.47. The molecule has 0 spiro atoms. The number of carbonyl (C=O) groups excluding carboxylic acids is 1. The largest absolute Gasteiger partial charge is 0.497 e. The summed E-state index contributed by atoms with van der Waals surface area (Å²) in [7, 11) is 3.16. The number of amides is 1. The molecule has 1 amide bonds. The molecule has 0 saturated heterocycles. The Labute approximate surface area is 156 Å². The summed E-state index contributed by atoms with van der Waals surface area (Å²) < 4.78 is 10.6. The van der Waals surface area contributed by atoms with Crippen molar-refractivity contribution in [2.75, 3.05) is 14.2 Å². The van der Waals surface area contributed by atoms with Gasteiger partial charge in [-0.1, -0.05) is 23.7 Å². The van der Waals surface area contributed by atoms with Gasteiger partial charge in [0.05, 0.1) is 19.9 Å². The lowest BCUT2D eigenvalue weighted by Crippen LogP contribution is -2.23. The Kier molecular flexibility index (Phi) is 5.43. The zero-order chi connectivity index (χ0) is 18.5. The lowest BCUT2D eigenvalue weighted by Gasteiger charge is -2.08. The number of nitrogens with one attached hydrogen (secondary N) is 2. The highest BCUT2D eigenvalue weighted by Crippen LogP contribution is 2.32. The highest BCUT2D eigenvalue weighted by atomic mass is 35.5. The van der Waals surface area contributed by atoms with Crippen molar-refractivity contribution in [1.29, 1.82) is 0 Å². The van der Waals surface area contributed by atoms with Crippen molar-refractivity contribution in [1.82, 2.24) is 15.5 Å². The molecule has 6 nitrogen and oxygen atoms in total. The molecule has 3 rings (SSSR count). The Morgan fingerprint density at radius 1 is 1.12 bits per heavy atom. The van der Waals surface area contributed by atoms with Crippen molar-refractivity contribution in [2.45, 2.75) is 6.54 Å². The van der Waals surface area contributed by atoms with Crippen LogP contribution in [0.2, 0.25) is 5.02 Å². The van der Waals surface area contributed by atoms with Gasteiger partial charge in [-0.15, -0.1) is 0 Å². The quantitative estimate of drug-likeness (QED) is 0.693. The molecule has 0 atom stereocenters. The van der Waals surface area contributed by atoms with Gasteiger partial charge in [0.1, 0.15) is 17.2 Å². The van der Waals surface area contributed by atoms with Crippen LogP contribution in [0.3, 0.4) is 0 Å². The molecule has 2 aromatic carbocycles. The van der Waals surface area contributed by atoms with Crippen molar-refractivity contribution in [3.63, 3.8) is 0 Å². The van der Waals surface area contributed by atoms with Crippen LogP contribution in [0.4, 0.5) is 0 Å². The van der Waals surface area contributed by atoms with E-state index in [1.165, 1.54) is 0 Å². The molecule has 134 valence electrons. The molecule has 0 aliphatic carbocycles. The maximum absolute atomic E-state index is 12.3. The van der Waals surface area contributed by atoms with Crippen molar-refractivity contribution in [3.8, 4) is 22.8 Å². The summed E-state index contributed by atoms with van der Waals surface area (Å²) in [6, 6.07) is 14.4. The summed E-state index contributed by atoms with van der Waals surface area (Å²) in [5, 5.41) is 10.5. The van der Waals surface area contributed by atoms with Gasteiger partial charge in [0, 0.05) is 23.2 Å². The molecule has 0 aliphatic rings. The highest BCUT2D eigenvalue weighted by molar-refractivity contribution is 6.30. The van der Waals surface area contributed by atoms with Crippen molar-refractivity contribution in [2.24, 2.45) is 0 Å². The second-order valence-electron chi connectivity index (χ2n) is 5.54. The minimum atomic E-state index is -0.244. The Bertz CT molecular complexity index is 907. The minimum Gasteiger partial charge on any atom is -0.497 e. The van der Waals surface area contributed by atoms with E-state index in [2.05, 4.69) is 15.5 Å². The van der Waals surface area contributed by atoms with E-state index < -0.39 is 0 Å². The molecule has 7 heteroatoms. The molecule has 0 radical (unpaired) electrons. The van der Waals surface area contributed by atoms with Crippen LogP contribution in [-0.4, -0.2) is 30.3 Å². The average molecular weight is 372 g/mol. The Morgan fingerprint density at radius 3 is 2.58 bits per heavy atom. The Morgan fingerprint density at radius 2 is 1.88 bits per heavy atom. The van der Waals surface area contributed by atoms with Crippen LogP contribution < -0.4 is 14.8 Å². The molecule has 0 unspecified atom stereocenters. The molecule has 2 N–H and O–H groups in total. The van der Waals surface area contributed by atoms with Gasteiger partial charge in [-0.2, -0.15) is 5.10 Å². The second-order valence-corrected chi connectivity index (χ2v) is 5.98. The number of nitrogens with zero attached hydrogens (tertiary/aromatic N) is 1. The van der Waals surface area contributed by atoms with Crippen LogP contribution in [-0.2, 0) is 6.54 Å². The van der Waals surface area contributed by atoms with Gasteiger partial charge in [0.2, 0.25) is 0 Å². The van der Waals surface area contributed by atoms with Gasteiger partial charge in [0.15, 0.2) is 0 Å². The number of hydrogen-bond donors (Lipinski definition) is 2. The van der Waals surface area contributed by atoms with E-state index in [-0.39, 0.29) is 5.91 Å². The number of aromatic nitrogens is 2. The predicted octanol–water partition coefficient (Wildman–Crippen LogP) is 3.68. The van der Waals surface area contributed by atoms with Crippen molar-refractivity contribution < 1.29 is 14.3 Å². The summed E-state index contributed by atoms with van der Waals surface area (Å²) in [5.41, 5.74) is 2.70. The number of aromatic amines is 1. The first-order valence-electron chi connectivity index (χ1n) is 7.91. The van der Waals surface area contributed by atoms with Gasteiger partial charge in [-0.3, -0.25) is 9.89 Å². The molecule has 0 saturated carbocycles. The van der Waals surface area contributed by atoms with Crippen LogP contribution in [0.5, 0.6) is 11.5 Å². The molecular formula is C19H18ClN3O3. The van der Waals surface area contributed by atoms with Gasteiger partial charge >= 0.3 is 0 Å². The number of hydrogen-bond acceptors (Lipinski definition) is 4. The average Bonchev–Trinajstić information content (AvgIpc) is 3.16. The van der Waals surface area contributed by atoms with Crippen molar-refractivity contribution >= 4 is 17.5 Å². The van der Waals surface area contributed by atoms with Gasteiger partial charge in [-0.25, -0.2) is 0 Å². The van der Waals surface area contributed by atoms with Crippen LogP contribution in [0.1, 0.15) is 16.1 Å². The van der Waals surface area contributed by atoms with E-state index in [9.17, 15) is 4.79 Å². The van der Waals surface area contributed by atoms with Crippen LogP contribution in [0.15, 0.2) is 48.5 Å². The molecule has 3 aromatic rings. The number of ether oxygens (including phenoxy) is 2. The van der Waals surface area contributed by atoms with Gasteiger partial charge in [0.25, 0.3) is 5.91 Å². The minimum absolute atomic E-state index is 0.244. The highest BCUT2D eigenvalue weighted by Gasteiger charge is 2.14. The summed E-state index contributed by atoms with van der Waals surface area (Å²) in [4.78, 5) is 12.3. The third-order valence-electron chi connectivity index (χ3n) is 3.87. The lowest BCUT2D eigenvalue weighted by molar-refractivity contribution is 0.0946. The van der Waals surface area contributed by atoms with E-state index in [0.29, 0.717) is 34.5 Å². The van der Waals surface area contributed by atoms with Crippen LogP contribution in [0.25, 0.3) is 11.3 Å². The number of carbonyl (C=O) groups is 1. The molecule has 0 fully saturated rings. The van der Waals surface area contributed by atoms with E-state index in [0.717, 1.165) is 11.1 Å². The topological polar surface area (TPSA) is 76.2 Å². The fourth-order valence-corrected chi connectivity index (χ4v) is 2.59. The zero-order valence-electron chi connectivity index (χ0n) is 14.4. The van der Waals surface area contributed by atoms with Crippen molar-refractivity contribution in [3.05, 3.63) is 64.8 Å². The first kappa shape index (κ1) is 17.8. The lowest BCUT2D eigenvalue weighted by atomic mass is 10.1.